The lowest BCUT2D eigenvalue weighted by Gasteiger charge is -2.28. The van der Waals surface area contributed by atoms with Gasteiger partial charge in [-0.15, -0.1) is 0 Å². The molecule has 0 aliphatic heterocycles. The number of amides is 1. The molecule has 3 aromatic heterocycles. The van der Waals surface area contributed by atoms with Gasteiger partial charge in [-0.2, -0.15) is 45.3 Å². The van der Waals surface area contributed by atoms with Crippen LogP contribution in [0.25, 0.3) is 22.0 Å². The maximum absolute atomic E-state index is 15.8. The molecule has 1 saturated carbocycles. The first-order valence-corrected chi connectivity index (χ1v) is 25.3. The predicted octanol–water partition coefficient (Wildman–Crippen LogP) is 8.85. The van der Waals surface area contributed by atoms with Gasteiger partial charge < -0.3 is 5.32 Å². The molecule has 4 aliphatic carbocycles. The van der Waals surface area contributed by atoms with Crippen LogP contribution in [-0.2, 0) is 69.1 Å². The molecule has 2 aromatic carbocycles. The Morgan fingerprint density at radius 2 is 1.63 bits per heavy atom. The van der Waals surface area contributed by atoms with Crippen LogP contribution in [0.4, 0.5) is 49.7 Å². The fourth-order valence-corrected chi connectivity index (χ4v) is 12.1. The number of fused-ring (bicyclic) bond motifs is 5. The van der Waals surface area contributed by atoms with Crippen LogP contribution in [-0.4, -0.2) is 69.7 Å². The minimum atomic E-state index is -5.23. The SMILES string of the molecule is CC(C)(C#Cc1nc([C@H](Cc2cc(F)cc(F)c2)NC(=O)Cn2nc(C(F)(F)F)c3c2C(F)(F)[C@@H]2C=C[C@H]32)c(-c2ccc(Cl)c3c(NS(C)(=O)=O)nn(CC(F)(F)F)c23)c2c1CCC2)S(=O)(=O)C1CC1. The normalized spacial score (nSPS) is 19.0. The van der Waals surface area contributed by atoms with Gasteiger partial charge in [-0.1, -0.05) is 35.7 Å². The van der Waals surface area contributed by atoms with Crippen LogP contribution in [0.3, 0.4) is 0 Å². The largest absolute Gasteiger partial charge is 0.435 e. The summed E-state index contributed by atoms with van der Waals surface area (Å²) < 4.78 is 201. The highest BCUT2D eigenvalue weighted by molar-refractivity contribution is 7.93. The molecular formula is C45H38ClF10N7O5S2. The van der Waals surface area contributed by atoms with E-state index in [0.717, 1.165) is 24.5 Å². The molecule has 372 valence electrons. The van der Waals surface area contributed by atoms with Crippen molar-refractivity contribution in [2.75, 3.05) is 11.0 Å². The second kappa shape index (κ2) is 16.7. The van der Waals surface area contributed by atoms with Crippen molar-refractivity contribution in [3.05, 3.63) is 104 Å². The van der Waals surface area contributed by atoms with Gasteiger partial charge in [0, 0.05) is 28.7 Å². The van der Waals surface area contributed by atoms with Crippen molar-refractivity contribution >= 4 is 54.1 Å². The van der Waals surface area contributed by atoms with Gasteiger partial charge in [0.2, 0.25) is 15.9 Å². The van der Waals surface area contributed by atoms with Gasteiger partial charge in [0.15, 0.2) is 21.3 Å². The number of halogens is 11. The number of hydrogen-bond donors (Lipinski definition) is 2. The van der Waals surface area contributed by atoms with Gasteiger partial charge in [0.1, 0.15) is 40.9 Å². The molecule has 0 unspecified atom stereocenters. The van der Waals surface area contributed by atoms with Crippen molar-refractivity contribution in [3.63, 3.8) is 0 Å². The molecule has 5 aromatic rings. The van der Waals surface area contributed by atoms with Crippen LogP contribution in [0.2, 0.25) is 5.02 Å². The Kier molecular flexibility index (Phi) is 11.8. The van der Waals surface area contributed by atoms with Crippen LogP contribution >= 0.6 is 11.6 Å². The van der Waals surface area contributed by atoms with E-state index >= 15 is 8.78 Å². The van der Waals surface area contributed by atoms with Gasteiger partial charge in [0.05, 0.1) is 45.1 Å². The number of benzene rings is 2. The lowest BCUT2D eigenvalue weighted by Crippen LogP contribution is -2.36. The molecule has 0 bridgehead atoms. The van der Waals surface area contributed by atoms with E-state index in [4.69, 9.17) is 16.6 Å². The minimum Gasteiger partial charge on any atom is -0.346 e. The number of sulfonamides is 1. The number of allylic oxidation sites excluding steroid dienone is 2. The second-order valence-electron chi connectivity index (χ2n) is 18.3. The molecule has 0 spiro atoms. The third kappa shape index (κ3) is 8.90. The minimum absolute atomic E-state index is 0.0329. The number of carbonyl (C=O) groups is 1. The summed E-state index contributed by atoms with van der Waals surface area (Å²) in [5, 5.41) is 8.73. The zero-order chi connectivity index (χ0) is 50.8. The molecular weight excluding hydrogens is 1010 g/mol. The van der Waals surface area contributed by atoms with Crippen LogP contribution in [0, 0.1) is 29.4 Å². The van der Waals surface area contributed by atoms with Crippen molar-refractivity contribution in [2.45, 2.75) is 106 Å². The van der Waals surface area contributed by atoms with E-state index in [9.17, 15) is 56.8 Å². The molecule has 70 heavy (non-hydrogen) atoms. The number of aromatic nitrogens is 5. The summed E-state index contributed by atoms with van der Waals surface area (Å²) in [6.45, 7) is -0.299. The first-order valence-electron chi connectivity index (χ1n) is 21.5. The second-order valence-corrected chi connectivity index (χ2v) is 23.2. The van der Waals surface area contributed by atoms with Gasteiger partial charge in [0.25, 0.3) is 5.92 Å². The standard InChI is InChI=1S/C45H38ClF10N7O5S2/c1-42(2,70(67,68)24-7-8-24)14-13-31-25-5-4-6-26(25)34(28-10-12-30(46)36-38(28)63(20-43(49,50)51)60-41(36)61-69(3,65)66)37(58-31)32(17-21-15-22(47)18-23(48)16-21)57-33(64)19-62-40-35(39(59-62)45(54,55)56)27-9-11-29(27)44(40,52)53/h9-12,15-16,18,24,27,29,32H,4-8,17,19-20H2,1-3H3,(H,57,64)(H,60,61)/t27-,29+,32-/m0/s1. The summed E-state index contributed by atoms with van der Waals surface area (Å²) in [4.78, 5) is 19.2. The van der Waals surface area contributed by atoms with Crippen molar-refractivity contribution in [2.24, 2.45) is 5.92 Å². The number of hydrogen-bond acceptors (Lipinski definition) is 8. The maximum atomic E-state index is 15.8. The molecule has 2 N–H and O–H groups in total. The Morgan fingerprint density at radius 1 is 0.957 bits per heavy atom. The van der Waals surface area contributed by atoms with E-state index in [1.807, 2.05) is 0 Å². The molecule has 3 heterocycles. The predicted molar refractivity (Wildman–Crippen MR) is 235 cm³/mol. The summed E-state index contributed by atoms with van der Waals surface area (Å²) in [6.07, 6.45) is -6.37. The first kappa shape index (κ1) is 49.3. The topological polar surface area (TPSA) is 158 Å². The van der Waals surface area contributed by atoms with Crippen molar-refractivity contribution < 1.29 is 65.5 Å². The lowest BCUT2D eigenvalue weighted by atomic mass is 9.81. The van der Waals surface area contributed by atoms with Crippen LogP contribution in [0.15, 0.2) is 42.5 Å². The molecule has 25 heteroatoms. The molecule has 12 nitrogen and oxygen atoms in total. The summed E-state index contributed by atoms with van der Waals surface area (Å²) in [5.74, 6) is -5.31. The Hall–Kier alpha value is -5.67. The van der Waals surface area contributed by atoms with E-state index < -0.39 is 131 Å². The zero-order valence-electron chi connectivity index (χ0n) is 36.8. The van der Waals surface area contributed by atoms with E-state index in [2.05, 4.69) is 32.1 Å². The number of nitrogens with zero attached hydrogens (tertiary/aromatic N) is 5. The average molecular weight is 1050 g/mol. The highest BCUT2D eigenvalue weighted by Gasteiger charge is 2.61. The summed E-state index contributed by atoms with van der Waals surface area (Å²) in [7, 11) is -8.06. The Bertz CT molecular complexity index is 3350. The van der Waals surface area contributed by atoms with E-state index in [1.165, 1.54) is 32.1 Å². The number of anilines is 1. The third-order valence-electron chi connectivity index (χ3n) is 12.7. The van der Waals surface area contributed by atoms with E-state index in [1.54, 1.807) is 0 Å². The van der Waals surface area contributed by atoms with Crippen molar-refractivity contribution in [1.82, 2.24) is 29.9 Å². The summed E-state index contributed by atoms with van der Waals surface area (Å²) in [6, 6.07) is 3.10. The quantitative estimate of drug-likeness (QED) is 0.0713. The molecule has 0 saturated heterocycles. The van der Waals surface area contributed by atoms with Gasteiger partial charge in [-0.3, -0.25) is 18.9 Å². The van der Waals surface area contributed by atoms with Crippen LogP contribution in [0.1, 0.15) is 90.1 Å². The van der Waals surface area contributed by atoms with Gasteiger partial charge in [-0.05, 0) is 93.2 Å². The highest BCUT2D eigenvalue weighted by Crippen LogP contribution is 2.60. The fourth-order valence-electron chi connectivity index (χ4n) is 9.56. The Labute approximate surface area is 397 Å². The average Bonchev–Trinajstić information content (AvgIpc) is 3.63. The molecule has 1 fully saturated rings. The third-order valence-corrected chi connectivity index (χ3v) is 16.5. The van der Waals surface area contributed by atoms with E-state index in [-0.39, 0.29) is 56.0 Å². The van der Waals surface area contributed by atoms with E-state index in [0.29, 0.717) is 41.1 Å². The number of nitrogens with one attached hydrogen (secondary N) is 2. The first-order chi connectivity index (χ1) is 32.4. The molecule has 4 aliphatic rings. The number of pyridine rings is 1. The maximum Gasteiger partial charge on any atom is 0.435 e. The summed E-state index contributed by atoms with van der Waals surface area (Å²) >= 11 is 6.61. The molecule has 3 atom stereocenters. The highest BCUT2D eigenvalue weighted by atomic mass is 35.5. The molecule has 0 radical (unpaired) electrons. The number of sulfone groups is 1. The zero-order valence-corrected chi connectivity index (χ0v) is 39.1. The number of alkyl halides is 8. The number of carbonyl (C=O) groups excluding carboxylic acids is 1. The smallest absolute Gasteiger partial charge is 0.346 e. The van der Waals surface area contributed by atoms with Gasteiger partial charge >= 0.3 is 12.4 Å². The van der Waals surface area contributed by atoms with Crippen molar-refractivity contribution in [3.8, 4) is 23.0 Å². The monoisotopic (exact) mass is 1050 g/mol. The molecule has 1 amide bonds. The van der Waals surface area contributed by atoms with Crippen LogP contribution < -0.4 is 10.0 Å². The molecule has 9 rings (SSSR count). The lowest BCUT2D eigenvalue weighted by molar-refractivity contribution is -0.143. The van der Waals surface area contributed by atoms with Gasteiger partial charge in [-0.25, -0.2) is 30.6 Å². The fraction of sp³-hybridized carbons (Fsp3) is 0.422. The Balaban J connectivity index is 1.29. The Morgan fingerprint density at radius 3 is 2.23 bits per heavy atom. The van der Waals surface area contributed by atoms with Crippen molar-refractivity contribution in [1.29, 1.82) is 0 Å². The van der Waals surface area contributed by atoms with Crippen LogP contribution in [0.5, 0.6) is 0 Å². The number of rotatable bonds is 12. The summed E-state index contributed by atoms with van der Waals surface area (Å²) in [5.41, 5.74) is -3.97.